The molecule has 0 spiro atoms. The number of piperidine rings is 1. The van der Waals surface area contributed by atoms with Gasteiger partial charge in [0.15, 0.2) is 5.82 Å². The van der Waals surface area contributed by atoms with E-state index in [1.165, 1.54) is 17.0 Å². The highest BCUT2D eigenvalue weighted by Crippen LogP contribution is 2.27. The van der Waals surface area contributed by atoms with Crippen molar-refractivity contribution >= 4 is 6.09 Å². The van der Waals surface area contributed by atoms with Crippen molar-refractivity contribution in [3.63, 3.8) is 0 Å². The van der Waals surface area contributed by atoms with Crippen LogP contribution in [0.3, 0.4) is 0 Å². The lowest BCUT2D eigenvalue weighted by Crippen LogP contribution is -2.38. The maximum absolute atomic E-state index is 12.9. The van der Waals surface area contributed by atoms with Gasteiger partial charge in [-0.1, -0.05) is 5.16 Å². The number of amides is 1. The van der Waals surface area contributed by atoms with Gasteiger partial charge in [-0.15, -0.1) is 0 Å². The molecule has 1 aliphatic heterocycles. The molecule has 21 heavy (non-hydrogen) atoms. The Morgan fingerprint density at radius 1 is 1.38 bits per heavy atom. The minimum Gasteiger partial charge on any atom is -0.465 e. The maximum atomic E-state index is 12.9. The third-order valence-electron chi connectivity index (χ3n) is 3.59. The number of hydrogen-bond donors (Lipinski definition) is 1. The first-order valence-corrected chi connectivity index (χ1v) is 6.71. The zero-order valence-electron chi connectivity index (χ0n) is 11.2. The molecular formula is C14H14FN3O3. The molecule has 2 heterocycles. The summed E-state index contributed by atoms with van der Waals surface area (Å²) in [5.41, 5.74) is 0.640. The molecular weight excluding hydrogens is 277 g/mol. The van der Waals surface area contributed by atoms with Crippen molar-refractivity contribution in [3.8, 4) is 11.5 Å². The van der Waals surface area contributed by atoms with Gasteiger partial charge in [-0.05, 0) is 37.1 Å². The topological polar surface area (TPSA) is 79.5 Å². The lowest BCUT2D eigenvalue weighted by atomic mass is 9.98. The number of carboxylic acid groups (broad SMARTS) is 1. The van der Waals surface area contributed by atoms with Gasteiger partial charge in [0.2, 0.25) is 0 Å². The number of aromatic nitrogens is 2. The molecule has 1 aromatic heterocycles. The zero-order valence-corrected chi connectivity index (χ0v) is 11.2. The largest absolute Gasteiger partial charge is 0.465 e. The van der Waals surface area contributed by atoms with E-state index >= 15 is 0 Å². The van der Waals surface area contributed by atoms with Gasteiger partial charge < -0.3 is 14.5 Å². The Balaban J connectivity index is 1.78. The molecule has 2 aromatic rings. The van der Waals surface area contributed by atoms with E-state index < -0.39 is 6.09 Å². The summed E-state index contributed by atoms with van der Waals surface area (Å²) in [7, 11) is 0. The van der Waals surface area contributed by atoms with Crippen molar-refractivity contribution in [1.82, 2.24) is 15.0 Å². The Kier molecular flexibility index (Phi) is 3.55. The Hall–Kier alpha value is -2.44. The smallest absolute Gasteiger partial charge is 0.407 e. The summed E-state index contributed by atoms with van der Waals surface area (Å²) in [6.07, 6.45) is 0.672. The molecule has 0 saturated carbocycles. The van der Waals surface area contributed by atoms with Crippen molar-refractivity contribution in [2.45, 2.75) is 18.8 Å². The van der Waals surface area contributed by atoms with Crippen molar-refractivity contribution in [3.05, 3.63) is 35.9 Å². The van der Waals surface area contributed by atoms with Gasteiger partial charge >= 0.3 is 6.09 Å². The Morgan fingerprint density at radius 2 is 2.14 bits per heavy atom. The van der Waals surface area contributed by atoms with Crippen molar-refractivity contribution in [2.24, 2.45) is 0 Å². The van der Waals surface area contributed by atoms with Gasteiger partial charge in [0.05, 0.1) is 0 Å². The van der Waals surface area contributed by atoms with E-state index in [9.17, 15) is 9.18 Å². The van der Waals surface area contributed by atoms with Crippen LogP contribution in [0.2, 0.25) is 0 Å². The second-order valence-corrected chi connectivity index (χ2v) is 5.03. The van der Waals surface area contributed by atoms with Crippen LogP contribution in [0, 0.1) is 5.82 Å². The van der Waals surface area contributed by atoms with E-state index in [4.69, 9.17) is 9.63 Å². The quantitative estimate of drug-likeness (QED) is 0.920. The lowest BCUT2D eigenvalue weighted by molar-refractivity contribution is 0.129. The summed E-state index contributed by atoms with van der Waals surface area (Å²) < 4.78 is 18.1. The van der Waals surface area contributed by atoms with Crippen molar-refractivity contribution < 1.29 is 18.8 Å². The first-order valence-electron chi connectivity index (χ1n) is 6.71. The van der Waals surface area contributed by atoms with Crippen LogP contribution in [0.25, 0.3) is 11.5 Å². The van der Waals surface area contributed by atoms with E-state index in [0.717, 1.165) is 12.8 Å². The molecule has 1 aliphatic rings. The first-order chi connectivity index (χ1) is 10.1. The second kappa shape index (κ2) is 5.51. The van der Waals surface area contributed by atoms with Gasteiger partial charge in [-0.25, -0.2) is 9.18 Å². The van der Waals surface area contributed by atoms with Crippen LogP contribution in [-0.2, 0) is 0 Å². The maximum Gasteiger partial charge on any atom is 0.407 e. The summed E-state index contributed by atoms with van der Waals surface area (Å²) in [5.74, 6) is 0.424. The average molecular weight is 291 g/mol. The number of rotatable bonds is 2. The van der Waals surface area contributed by atoms with Crippen LogP contribution in [0.4, 0.5) is 9.18 Å². The minimum absolute atomic E-state index is 0.0622. The fraction of sp³-hybridized carbons (Fsp3) is 0.357. The van der Waals surface area contributed by atoms with Gasteiger partial charge in [0.1, 0.15) is 5.82 Å². The van der Waals surface area contributed by atoms with E-state index in [1.54, 1.807) is 12.1 Å². The van der Waals surface area contributed by atoms with Crippen LogP contribution >= 0.6 is 0 Å². The number of benzene rings is 1. The molecule has 1 saturated heterocycles. The molecule has 1 unspecified atom stereocenters. The molecule has 0 radical (unpaired) electrons. The number of halogens is 1. The highest BCUT2D eigenvalue weighted by Gasteiger charge is 2.27. The number of carbonyl (C=O) groups is 1. The SMILES string of the molecule is O=C(O)N1CCCC(c2noc(-c3ccc(F)cc3)n2)C1. The molecule has 110 valence electrons. The zero-order chi connectivity index (χ0) is 14.8. The summed E-state index contributed by atoms with van der Waals surface area (Å²) in [6.45, 7) is 0.909. The molecule has 6 nitrogen and oxygen atoms in total. The van der Waals surface area contributed by atoms with Crippen molar-refractivity contribution in [2.75, 3.05) is 13.1 Å². The number of hydrogen-bond acceptors (Lipinski definition) is 4. The van der Waals surface area contributed by atoms with Gasteiger partial charge in [-0.2, -0.15) is 4.98 Å². The summed E-state index contributed by atoms with van der Waals surface area (Å²) in [6, 6.07) is 5.78. The molecule has 7 heteroatoms. The van der Waals surface area contributed by atoms with Crippen LogP contribution < -0.4 is 0 Å². The Bertz CT molecular complexity index is 641. The van der Waals surface area contributed by atoms with Crippen LogP contribution in [0.5, 0.6) is 0 Å². The van der Waals surface area contributed by atoms with E-state index in [2.05, 4.69) is 10.1 Å². The van der Waals surface area contributed by atoms with E-state index in [0.29, 0.717) is 30.4 Å². The summed E-state index contributed by atoms with van der Waals surface area (Å²) in [5, 5.41) is 13.0. The summed E-state index contributed by atoms with van der Waals surface area (Å²) in [4.78, 5) is 16.7. The minimum atomic E-state index is -0.929. The second-order valence-electron chi connectivity index (χ2n) is 5.03. The van der Waals surface area contributed by atoms with Crippen LogP contribution in [0.15, 0.2) is 28.8 Å². The Morgan fingerprint density at radius 3 is 2.86 bits per heavy atom. The molecule has 1 aromatic carbocycles. The fourth-order valence-corrected chi connectivity index (χ4v) is 2.47. The number of likely N-dealkylation sites (tertiary alicyclic amines) is 1. The van der Waals surface area contributed by atoms with Crippen molar-refractivity contribution in [1.29, 1.82) is 0 Å². The fourth-order valence-electron chi connectivity index (χ4n) is 2.47. The average Bonchev–Trinajstić information content (AvgIpc) is 2.98. The van der Waals surface area contributed by atoms with Gasteiger partial charge in [0, 0.05) is 24.6 Å². The van der Waals surface area contributed by atoms with Gasteiger partial charge in [0.25, 0.3) is 5.89 Å². The first kappa shape index (κ1) is 13.5. The molecule has 0 bridgehead atoms. The molecule has 0 aliphatic carbocycles. The number of nitrogens with zero attached hydrogens (tertiary/aromatic N) is 3. The van der Waals surface area contributed by atoms with Crippen LogP contribution in [-0.4, -0.2) is 39.3 Å². The molecule has 1 amide bonds. The van der Waals surface area contributed by atoms with E-state index in [1.807, 2.05) is 0 Å². The predicted octanol–water partition coefficient (Wildman–Crippen LogP) is 2.73. The molecule has 1 fully saturated rings. The molecule has 1 atom stereocenters. The van der Waals surface area contributed by atoms with Crippen LogP contribution in [0.1, 0.15) is 24.6 Å². The highest BCUT2D eigenvalue weighted by molar-refractivity contribution is 5.65. The lowest BCUT2D eigenvalue weighted by Gasteiger charge is -2.28. The van der Waals surface area contributed by atoms with Gasteiger partial charge in [-0.3, -0.25) is 0 Å². The third-order valence-corrected chi connectivity index (χ3v) is 3.59. The normalized spacial score (nSPS) is 18.7. The molecule has 3 rings (SSSR count). The molecule has 1 N–H and O–H groups in total. The monoisotopic (exact) mass is 291 g/mol. The Labute approximate surface area is 120 Å². The highest BCUT2D eigenvalue weighted by atomic mass is 19.1. The predicted molar refractivity (Wildman–Crippen MR) is 71.3 cm³/mol. The van der Waals surface area contributed by atoms with E-state index in [-0.39, 0.29) is 11.7 Å². The standard InChI is InChI=1S/C14H14FN3O3/c15-11-5-3-9(4-6-11)13-16-12(17-21-13)10-2-1-7-18(8-10)14(19)20/h3-6,10H,1-2,7-8H2,(H,19,20). The third kappa shape index (κ3) is 2.86. The summed E-state index contributed by atoms with van der Waals surface area (Å²) >= 11 is 0.